The highest BCUT2D eigenvalue weighted by Gasteiger charge is 2.19. The van der Waals surface area contributed by atoms with E-state index < -0.39 is 0 Å². The lowest BCUT2D eigenvalue weighted by molar-refractivity contribution is 0.174. The number of nitrogen functional groups attached to an aromatic ring is 1. The van der Waals surface area contributed by atoms with Crippen LogP contribution >= 0.6 is 0 Å². The number of anilines is 1. The molecule has 0 aliphatic carbocycles. The zero-order chi connectivity index (χ0) is 13.5. The van der Waals surface area contributed by atoms with Crippen molar-refractivity contribution in [1.82, 2.24) is 20.4 Å². The number of H-pyrrole nitrogens is 2. The molecular formula is C13H11N5O2. The first-order chi connectivity index (χ1) is 9.83. The van der Waals surface area contributed by atoms with Crippen LogP contribution in [0.1, 0.15) is 0 Å². The summed E-state index contributed by atoms with van der Waals surface area (Å²) in [7, 11) is 0. The molecule has 4 N–H and O–H groups in total. The van der Waals surface area contributed by atoms with Crippen LogP contribution in [0, 0.1) is 0 Å². The molecule has 7 nitrogen and oxygen atoms in total. The number of nitrogens with two attached hydrogens (primary N) is 1. The van der Waals surface area contributed by atoms with E-state index in [-0.39, 0.29) is 6.79 Å². The van der Waals surface area contributed by atoms with Crippen molar-refractivity contribution < 1.29 is 9.47 Å². The second-order valence-electron chi connectivity index (χ2n) is 4.41. The van der Waals surface area contributed by atoms with Crippen LogP contribution in [0.2, 0.25) is 0 Å². The molecule has 1 aliphatic heterocycles. The van der Waals surface area contributed by atoms with Crippen molar-refractivity contribution in [3.63, 3.8) is 0 Å². The minimum atomic E-state index is 0.244. The Morgan fingerprint density at radius 3 is 2.90 bits per heavy atom. The number of aromatic nitrogens is 4. The van der Waals surface area contributed by atoms with Gasteiger partial charge in [0.15, 0.2) is 17.3 Å². The Balaban J connectivity index is 1.88. The summed E-state index contributed by atoms with van der Waals surface area (Å²) in [5, 5.41) is 13.7. The van der Waals surface area contributed by atoms with Crippen LogP contribution in [0.15, 0.2) is 30.6 Å². The Labute approximate surface area is 113 Å². The summed E-state index contributed by atoms with van der Waals surface area (Å²) in [5.41, 5.74) is 9.42. The lowest BCUT2D eigenvalue weighted by Gasteiger charge is -2.04. The van der Waals surface area contributed by atoms with Crippen molar-refractivity contribution >= 4 is 5.82 Å². The highest BCUT2D eigenvalue weighted by atomic mass is 16.7. The summed E-state index contributed by atoms with van der Waals surface area (Å²) in [6.45, 7) is 0.244. The maximum Gasteiger partial charge on any atom is 0.231 e. The first-order valence-corrected chi connectivity index (χ1v) is 6.06. The molecule has 0 fully saturated rings. The van der Waals surface area contributed by atoms with Crippen LogP contribution in [0.25, 0.3) is 22.4 Å². The smallest absolute Gasteiger partial charge is 0.231 e. The van der Waals surface area contributed by atoms with E-state index in [1.165, 1.54) is 0 Å². The fourth-order valence-corrected chi connectivity index (χ4v) is 2.30. The number of hydrogen-bond acceptors (Lipinski definition) is 5. The Hall–Kier alpha value is -2.96. The van der Waals surface area contributed by atoms with Gasteiger partial charge in [-0.1, -0.05) is 6.07 Å². The molecule has 1 aliphatic rings. The molecular weight excluding hydrogens is 258 g/mol. The molecule has 0 amide bonds. The standard InChI is InChI=1S/C13H11N5O2/c14-13-11(12(17-18-13)8-4-15-16-5-8)7-1-2-9-10(3-7)20-6-19-9/h1-5H,6H2,(H,15,16)(H3,14,17,18). The minimum Gasteiger partial charge on any atom is -0.454 e. The monoisotopic (exact) mass is 269 g/mol. The molecule has 0 saturated heterocycles. The number of hydrogen-bond donors (Lipinski definition) is 3. The summed E-state index contributed by atoms with van der Waals surface area (Å²) < 4.78 is 10.7. The van der Waals surface area contributed by atoms with Crippen molar-refractivity contribution in [2.24, 2.45) is 0 Å². The van der Waals surface area contributed by atoms with E-state index in [0.717, 1.165) is 28.1 Å². The van der Waals surface area contributed by atoms with Crippen molar-refractivity contribution in [1.29, 1.82) is 0 Å². The average Bonchev–Trinajstić information content (AvgIpc) is 3.17. The molecule has 2 aromatic heterocycles. The Bertz CT molecular complexity index is 763. The molecule has 3 heterocycles. The third-order valence-corrected chi connectivity index (χ3v) is 3.24. The summed E-state index contributed by atoms with van der Waals surface area (Å²) in [6, 6.07) is 5.69. The first-order valence-electron chi connectivity index (χ1n) is 6.06. The van der Waals surface area contributed by atoms with Crippen molar-refractivity contribution in [2.45, 2.75) is 0 Å². The van der Waals surface area contributed by atoms with Gasteiger partial charge < -0.3 is 15.2 Å². The number of benzene rings is 1. The summed E-state index contributed by atoms with van der Waals surface area (Å²) in [6.07, 6.45) is 3.49. The van der Waals surface area contributed by atoms with Gasteiger partial charge in [-0.15, -0.1) is 0 Å². The number of nitrogens with zero attached hydrogens (tertiary/aromatic N) is 2. The van der Waals surface area contributed by atoms with Gasteiger partial charge in [-0.25, -0.2) is 0 Å². The molecule has 4 rings (SSSR count). The zero-order valence-electron chi connectivity index (χ0n) is 10.4. The van der Waals surface area contributed by atoms with Gasteiger partial charge in [0.25, 0.3) is 0 Å². The fraction of sp³-hybridized carbons (Fsp3) is 0.0769. The number of nitrogens with one attached hydrogen (secondary N) is 2. The predicted molar refractivity (Wildman–Crippen MR) is 72.1 cm³/mol. The van der Waals surface area contributed by atoms with E-state index in [1.54, 1.807) is 12.4 Å². The highest BCUT2D eigenvalue weighted by molar-refractivity contribution is 5.88. The predicted octanol–water partition coefficient (Wildman–Crippen LogP) is 1.78. The van der Waals surface area contributed by atoms with E-state index in [1.807, 2.05) is 18.2 Å². The largest absolute Gasteiger partial charge is 0.454 e. The second kappa shape index (κ2) is 4.02. The molecule has 0 atom stereocenters. The lowest BCUT2D eigenvalue weighted by Crippen LogP contribution is -1.93. The average molecular weight is 269 g/mol. The van der Waals surface area contributed by atoms with Crippen LogP contribution in [0.5, 0.6) is 11.5 Å². The van der Waals surface area contributed by atoms with Gasteiger partial charge in [0.1, 0.15) is 0 Å². The molecule has 0 unspecified atom stereocenters. The number of fused-ring (bicyclic) bond motifs is 1. The Morgan fingerprint density at radius 2 is 2.05 bits per heavy atom. The van der Waals surface area contributed by atoms with Crippen LogP contribution in [0.3, 0.4) is 0 Å². The van der Waals surface area contributed by atoms with Crippen molar-refractivity contribution in [3.8, 4) is 33.9 Å². The third kappa shape index (κ3) is 1.53. The fourth-order valence-electron chi connectivity index (χ4n) is 2.30. The van der Waals surface area contributed by atoms with Gasteiger partial charge in [0.2, 0.25) is 6.79 Å². The highest BCUT2D eigenvalue weighted by Crippen LogP contribution is 2.40. The van der Waals surface area contributed by atoms with E-state index in [2.05, 4.69) is 20.4 Å². The molecule has 0 spiro atoms. The molecule has 1 aromatic carbocycles. The second-order valence-corrected chi connectivity index (χ2v) is 4.41. The van der Waals surface area contributed by atoms with Crippen LogP contribution in [-0.2, 0) is 0 Å². The zero-order valence-corrected chi connectivity index (χ0v) is 10.4. The van der Waals surface area contributed by atoms with Gasteiger partial charge in [-0.2, -0.15) is 10.2 Å². The van der Waals surface area contributed by atoms with Crippen LogP contribution in [-0.4, -0.2) is 27.2 Å². The normalized spacial score (nSPS) is 12.8. The molecule has 0 bridgehead atoms. The van der Waals surface area contributed by atoms with Crippen LogP contribution in [0.4, 0.5) is 5.82 Å². The summed E-state index contributed by atoms with van der Waals surface area (Å²) in [4.78, 5) is 0. The maximum atomic E-state index is 5.98. The van der Waals surface area contributed by atoms with E-state index in [0.29, 0.717) is 11.6 Å². The van der Waals surface area contributed by atoms with Crippen LogP contribution < -0.4 is 15.2 Å². The summed E-state index contributed by atoms with van der Waals surface area (Å²) in [5.74, 6) is 1.88. The van der Waals surface area contributed by atoms with E-state index >= 15 is 0 Å². The molecule has 7 heteroatoms. The molecule has 0 saturated carbocycles. The Kier molecular flexibility index (Phi) is 2.19. The quantitative estimate of drug-likeness (QED) is 0.658. The van der Waals surface area contributed by atoms with Gasteiger partial charge in [-0.05, 0) is 17.7 Å². The number of ether oxygens (including phenoxy) is 2. The van der Waals surface area contributed by atoms with Crippen molar-refractivity contribution in [3.05, 3.63) is 30.6 Å². The third-order valence-electron chi connectivity index (χ3n) is 3.24. The molecule has 0 radical (unpaired) electrons. The SMILES string of the molecule is Nc1n[nH]c(-c2cn[nH]c2)c1-c1ccc2c(c1)OCO2. The van der Waals surface area contributed by atoms with E-state index in [4.69, 9.17) is 15.2 Å². The van der Waals surface area contributed by atoms with E-state index in [9.17, 15) is 0 Å². The molecule has 100 valence electrons. The Morgan fingerprint density at radius 1 is 1.15 bits per heavy atom. The first kappa shape index (κ1) is 10.9. The maximum absolute atomic E-state index is 5.98. The topological polar surface area (TPSA) is 102 Å². The molecule has 3 aromatic rings. The lowest BCUT2D eigenvalue weighted by atomic mass is 10.0. The summed E-state index contributed by atoms with van der Waals surface area (Å²) >= 11 is 0. The van der Waals surface area contributed by atoms with Gasteiger partial charge in [0.05, 0.1) is 17.5 Å². The van der Waals surface area contributed by atoms with Crippen molar-refractivity contribution in [2.75, 3.05) is 12.5 Å². The minimum absolute atomic E-state index is 0.244. The number of rotatable bonds is 2. The van der Waals surface area contributed by atoms with Gasteiger partial charge >= 0.3 is 0 Å². The van der Waals surface area contributed by atoms with Gasteiger partial charge in [0, 0.05) is 11.8 Å². The number of aromatic amines is 2. The van der Waals surface area contributed by atoms with Gasteiger partial charge in [-0.3, -0.25) is 10.2 Å². The molecule has 20 heavy (non-hydrogen) atoms.